The molecule has 9 heteroatoms. The first-order valence-electron chi connectivity index (χ1n) is 5.16. The summed E-state index contributed by atoms with van der Waals surface area (Å²) in [7, 11) is -2.49. The van der Waals surface area contributed by atoms with Crippen LogP contribution in [0.1, 0.15) is 23.1 Å². The highest BCUT2D eigenvalue weighted by atomic mass is 32.2. The molecule has 18 heavy (non-hydrogen) atoms. The second-order valence-corrected chi connectivity index (χ2v) is 5.33. The van der Waals surface area contributed by atoms with E-state index < -0.39 is 15.9 Å². The summed E-state index contributed by atoms with van der Waals surface area (Å²) >= 11 is 0. The molecule has 0 aliphatic heterocycles. The third kappa shape index (κ3) is 3.28. The Balaban J connectivity index is 2.94. The second kappa shape index (κ2) is 5.46. The number of nitrogens with zero attached hydrogens (tertiary/aromatic N) is 1. The number of rotatable bonds is 5. The van der Waals surface area contributed by atoms with Crippen molar-refractivity contribution in [2.45, 2.75) is 24.8 Å². The van der Waals surface area contributed by atoms with Gasteiger partial charge in [0.2, 0.25) is 10.0 Å². The fourth-order valence-corrected chi connectivity index (χ4v) is 2.20. The van der Waals surface area contributed by atoms with Gasteiger partial charge in [-0.05, 0) is 13.8 Å². The van der Waals surface area contributed by atoms with Crippen LogP contribution in [-0.2, 0) is 14.8 Å². The quantitative estimate of drug-likeness (QED) is 0.644. The number of hydrogen-bond donors (Lipinski definition) is 3. The van der Waals surface area contributed by atoms with Crippen LogP contribution in [0.3, 0.4) is 0 Å². The molecule has 0 saturated carbocycles. The van der Waals surface area contributed by atoms with Gasteiger partial charge in [-0.15, -0.1) is 0 Å². The summed E-state index contributed by atoms with van der Waals surface area (Å²) in [6.45, 7) is 3.48. The summed E-state index contributed by atoms with van der Waals surface area (Å²) in [5.41, 5.74) is -0.0132. The number of aryl methyl sites for hydroxylation is 1. The minimum Gasteiger partial charge on any atom is -0.380 e. The van der Waals surface area contributed by atoms with Crippen molar-refractivity contribution in [2.75, 3.05) is 13.7 Å². The minimum atomic E-state index is -4.00. The maximum Gasteiger partial charge on any atom is 0.273 e. The van der Waals surface area contributed by atoms with Gasteiger partial charge in [0, 0.05) is 13.7 Å². The van der Waals surface area contributed by atoms with Gasteiger partial charge in [0.15, 0.2) is 5.69 Å². The molecule has 1 aromatic rings. The molecular formula is C9H16N4O4S. The van der Waals surface area contributed by atoms with Crippen LogP contribution in [-0.4, -0.2) is 44.3 Å². The zero-order chi connectivity index (χ0) is 13.9. The average molecular weight is 276 g/mol. The zero-order valence-corrected chi connectivity index (χ0v) is 11.2. The van der Waals surface area contributed by atoms with Gasteiger partial charge in [0.05, 0.1) is 11.8 Å². The van der Waals surface area contributed by atoms with E-state index in [-0.39, 0.29) is 28.9 Å². The van der Waals surface area contributed by atoms with Crippen molar-refractivity contribution in [2.24, 2.45) is 5.14 Å². The third-order valence-corrected chi connectivity index (χ3v) is 3.41. The molecule has 1 unspecified atom stereocenters. The third-order valence-electron chi connectivity index (χ3n) is 2.34. The molecule has 102 valence electrons. The molecule has 1 rings (SSSR count). The van der Waals surface area contributed by atoms with Crippen molar-refractivity contribution < 1.29 is 17.9 Å². The Kier molecular flexibility index (Phi) is 4.43. The van der Waals surface area contributed by atoms with Gasteiger partial charge in [-0.3, -0.25) is 9.89 Å². The molecule has 0 aromatic carbocycles. The summed E-state index contributed by atoms with van der Waals surface area (Å²) < 4.78 is 27.6. The van der Waals surface area contributed by atoms with E-state index in [1.165, 1.54) is 14.0 Å². The monoisotopic (exact) mass is 276 g/mol. The van der Waals surface area contributed by atoms with Gasteiger partial charge >= 0.3 is 0 Å². The summed E-state index contributed by atoms with van der Waals surface area (Å²) in [6.07, 6.45) is -0.188. The van der Waals surface area contributed by atoms with Gasteiger partial charge in [-0.25, -0.2) is 13.6 Å². The number of amides is 1. The predicted molar refractivity (Wildman–Crippen MR) is 63.5 cm³/mol. The molecular weight excluding hydrogens is 260 g/mol. The fraction of sp³-hybridized carbons (Fsp3) is 0.556. The Morgan fingerprint density at radius 3 is 2.72 bits per heavy atom. The first-order valence-corrected chi connectivity index (χ1v) is 6.70. The number of nitrogens with two attached hydrogens (primary N) is 1. The maximum atomic E-state index is 11.8. The molecule has 0 aliphatic rings. The van der Waals surface area contributed by atoms with E-state index in [1.54, 1.807) is 6.92 Å². The number of nitrogens with one attached hydrogen (secondary N) is 2. The molecule has 8 nitrogen and oxygen atoms in total. The van der Waals surface area contributed by atoms with Crippen molar-refractivity contribution in [3.63, 3.8) is 0 Å². The second-order valence-electron chi connectivity index (χ2n) is 3.83. The molecule has 1 aromatic heterocycles. The topological polar surface area (TPSA) is 127 Å². The zero-order valence-electron chi connectivity index (χ0n) is 10.4. The first kappa shape index (κ1) is 14.6. The molecule has 4 N–H and O–H groups in total. The van der Waals surface area contributed by atoms with E-state index in [2.05, 4.69) is 15.5 Å². The minimum absolute atomic E-state index is 0.188. The molecule has 0 saturated heterocycles. The summed E-state index contributed by atoms with van der Waals surface area (Å²) in [5, 5.41) is 13.6. The van der Waals surface area contributed by atoms with Crippen molar-refractivity contribution in [1.29, 1.82) is 0 Å². The number of carbonyl (C=O) groups is 1. The maximum absolute atomic E-state index is 11.8. The van der Waals surface area contributed by atoms with Gasteiger partial charge < -0.3 is 10.1 Å². The Labute approximate surface area is 105 Å². The highest BCUT2D eigenvalue weighted by Crippen LogP contribution is 2.15. The van der Waals surface area contributed by atoms with E-state index in [0.29, 0.717) is 0 Å². The molecule has 0 spiro atoms. The van der Waals surface area contributed by atoms with Crippen LogP contribution in [0.4, 0.5) is 0 Å². The normalized spacial score (nSPS) is 13.3. The molecule has 1 heterocycles. The van der Waals surface area contributed by atoms with Gasteiger partial charge in [-0.1, -0.05) is 0 Å². The van der Waals surface area contributed by atoms with Gasteiger partial charge in [0.1, 0.15) is 4.90 Å². The van der Waals surface area contributed by atoms with Crippen LogP contribution in [0.2, 0.25) is 0 Å². The van der Waals surface area contributed by atoms with E-state index in [4.69, 9.17) is 9.88 Å². The highest BCUT2D eigenvalue weighted by Gasteiger charge is 2.25. The molecule has 1 atom stereocenters. The number of carbonyl (C=O) groups excluding carboxylic acids is 1. The smallest absolute Gasteiger partial charge is 0.273 e. The van der Waals surface area contributed by atoms with E-state index in [9.17, 15) is 13.2 Å². The predicted octanol–water partition coefficient (Wildman–Crippen LogP) is -0.870. The number of aromatic amines is 1. The number of hydrogen-bond acceptors (Lipinski definition) is 5. The molecule has 0 fully saturated rings. The van der Waals surface area contributed by atoms with Gasteiger partial charge in [-0.2, -0.15) is 5.10 Å². The Morgan fingerprint density at radius 1 is 1.61 bits per heavy atom. The molecule has 1 amide bonds. The largest absolute Gasteiger partial charge is 0.380 e. The van der Waals surface area contributed by atoms with Crippen LogP contribution in [0.15, 0.2) is 4.90 Å². The Bertz CT molecular complexity index is 537. The van der Waals surface area contributed by atoms with E-state index in [1.807, 2.05) is 0 Å². The SMILES string of the molecule is COC(C)CNC(=O)c1n[nH]c(C)c1S(N)(=O)=O. The number of primary sulfonamides is 1. The Morgan fingerprint density at radius 2 is 2.22 bits per heavy atom. The van der Waals surface area contributed by atoms with Crippen LogP contribution >= 0.6 is 0 Å². The lowest BCUT2D eigenvalue weighted by Gasteiger charge is -2.10. The number of aromatic nitrogens is 2. The van der Waals surface area contributed by atoms with Gasteiger partial charge in [0.25, 0.3) is 5.91 Å². The first-order chi connectivity index (χ1) is 8.27. The van der Waals surface area contributed by atoms with Crippen LogP contribution < -0.4 is 10.5 Å². The summed E-state index contributed by atoms with van der Waals surface area (Å²) in [4.78, 5) is 11.5. The van der Waals surface area contributed by atoms with Crippen molar-refractivity contribution in [1.82, 2.24) is 15.5 Å². The van der Waals surface area contributed by atoms with Crippen molar-refractivity contribution in [3.05, 3.63) is 11.4 Å². The number of sulfonamides is 1. The van der Waals surface area contributed by atoms with Crippen LogP contribution in [0, 0.1) is 6.92 Å². The molecule has 0 bridgehead atoms. The standard InChI is InChI=1S/C9H16N4O4S/c1-5(17-3)4-11-9(14)7-8(18(10,15)16)6(2)12-13-7/h5H,4H2,1-3H3,(H,11,14)(H,12,13)(H2,10,15,16). The number of H-pyrrole nitrogens is 1. The van der Waals surface area contributed by atoms with E-state index >= 15 is 0 Å². The highest BCUT2D eigenvalue weighted by molar-refractivity contribution is 7.89. The fourth-order valence-electron chi connectivity index (χ4n) is 1.32. The Hall–Kier alpha value is -1.45. The lowest BCUT2D eigenvalue weighted by atomic mass is 10.3. The lowest BCUT2D eigenvalue weighted by molar-refractivity contribution is 0.0863. The van der Waals surface area contributed by atoms with Crippen LogP contribution in [0.25, 0.3) is 0 Å². The number of ether oxygens (including phenoxy) is 1. The molecule has 0 radical (unpaired) electrons. The van der Waals surface area contributed by atoms with Crippen LogP contribution in [0.5, 0.6) is 0 Å². The lowest BCUT2D eigenvalue weighted by Crippen LogP contribution is -2.33. The van der Waals surface area contributed by atoms with E-state index in [0.717, 1.165) is 0 Å². The van der Waals surface area contributed by atoms with Crippen molar-refractivity contribution >= 4 is 15.9 Å². The number of methoxy groups -OCH3 is 1. The average Bonchev–Trinajstić information content (AvgIpc) is 2.67. The summed E-state index contributed by atoms with van der Waals surface area (Å²) in [6, 6.07) is 0. The van der Waals surface area contributed by atoms with Crippen molar-refractivity contribution in [3.8, 4) is 0 Å². The molecule has 0 aliphatic carbocycles. The summed E-state index contributed by atoms with van der Waals surface area (Å²) in [5.74, 6) is -0.618.